The van der Waals surface area contributed by atoms with E-state index in [0.717, 1.165) is 5.69 Å². The van der Waals surface area contributed by atoms with Gasteiger partial charge in [-0.15, -0.1) is 0 Å². The quantitative estimate of drug-likeness (QED) is 0.315. The highest BCUT2D eigenvalue weighted by molar-refractivity contribution is 5.97. The van der Waals surface area contributed by atoms with Crippen LogP contribution in [0.5, 0.6) is 0 Å². The van der Waals surface area contributed by atoms with Crippen LogP contribution >= 0.6 is 0 Å². The molecule has 6 N–H and O–H groups in total. The van der Waals surface area contributed by atoms with E-state index < -0.39 is 23.9 Å². The predicted molar refractivity (Wildman–Crippen MR) is 123 cm³/mol. The number of benzene rings is 1. The molecule has 0 radical (unpaired) electrons. The number of anilines is 3. The number of rotatable bonds is 9. The molecule has 178 valence electrons. The number of aliphatic carboxylic acids is 1. The topological polar surface area (TPSA) is 200 Å². The van der Waals surface area contributed by atoms with Gasteiger partial charge in [-0.2, -0.15) is 9.97 Å². The predicted octanol–water partition coefficient (Wildman–Crippen LogP) is 0.357. The first-order valence-electron chi connectivity index (χ1n) is 10.1. The van der Waals surface area contributed by atoms with E-state index in [9.17, 15) is 14.4 Å². The molecule has 34 heavy (non-hydrogen) atoms. The maximum atomic E-state index is 12.5. The van der Waals surface area contributed by atoms with E-state index in [-0.39, 0.29) is 24.6 Å². The minimum Gasteiger partial charge on any atom is -0.481 e. The van der Waals surface area contributed by atoms with Crippen LogP contribution in [0.25, 0.3) is 11.2 Å². The van der Waals surface area contributed by atoms with Gasteiger partial charge in [0.15, 0.2) is 17.0 Å². The summed E-state index contributed by atoms with van der Waals surface area (Å²) in [5.41, 5.74) is 13.8. The summed E-state index contributed by atoms with van der Waals surface area (Å²) in [6.07, 6.45) is 1.20. The Balaban J connectivity index is 1.68. The second-order valence-electron chi connectivity index (χ2n) is 7.39. The van der Waals surface area contributed by atoms with Crippen molar-refractivity contribution >= 4 is 46.5 Å². The Kier molecular flexibility index (Phi) is 7.36. The van der Waals surface area contributed by atoms with Crippen molar-refractivity contribution in [2.75, 3.05) is 30.5 Å². The summed E-state index contributed by atoms with van der Waals surface area (Å²) in [6.45, 7) is 0.387. The van der Waals surface area contributed by atoms with Crippen LogP contribution in [0.4, 0.5) is 17.5 Å². The van der Waals surface area contributed by atoms with Crippen LogP contribution in [0.3, 0.4) is 0 Å². The normalized spacial score (nSPS) is 11.6. The maximum absolute atomic E-state index is 12.5. The molecule has 1 amide bonds. The summed E-state index contributed by atoms with van der Waals surface area (Å²) >= 11 is 0. The summed E-state index contributed by atoms with van der Waals surface area (Å²) < 4.78 is 4.64. The van der Waals surface area contributed by atoms with E-state index >= 15 is 0 Å². The number of nitrogens with one attached hydrogen (secondary N) is 1. The van der Waals surface area contributed by atoms with Gasteiger partial charge >= 0.3 is 11.9 Å². The highest BCUT2D eigenvalue weighted by atomic mass is 16.5. The van der Waals surface area contributed by atoms with Crippen LogP contribution in [-0.4, -0.2) is 63.1 Å². The molecule has 0 bridgehead atoms. The first-order valence-corrected chi connectivity index (χ1v) is 10.1. The Morgan fingerprint density at radius 2 is 1.85 bits per heavy atom. The van der Waals surface area contributed by atoms with Crippen molar-refractivity contribution in [2.24, 2.45) is 0 Å². The number of carbonyl (C=O) groups is 3. The molecule has 0 aliphatic heterocycles. The molecule has 3 aromatic rings. The van der Waals surface area contributed by atoms with Crippen molar-refractivity contribution in [3.8, 4) is 0 Å². The van der Waals surface area contributed by atoms with Crippen molar-refractivity contribution in [3.63, 3.8) is 0 Å². The lowest BCUT2D eigenvalue weighted by atomic mass is 10.1. The number of fused-ring (bicyclic) bond motifs is 1. The van der Waals surface area contributed by atoms with Crippen molar-refractivity contribution in [1.82, 2.24) is 25.3 Å². The molecular weight excluding hydrogens is 444 g/mol. The number of carbonyl (C=O) groups excluding carboxylic acids is 2. The van der Waals surface area contributed by atoms with Gasteiger partial charge in [0.2, 0.25) is 5.95 Å². The first kappa shape index (κ1) is 24.1. The highest BCUT2D eigenvalue weighted by Gasteiger charge is 2.23. The number of esters is 1. The Hall–Kier alpha value is -4.55. The number of nitrogen functional groups attached to an aromatic ring is 2. The van der Waals surface area contributed by atoms with Gasteiger partial charge in [-0.25, -0.2) is 14.8 Å². The third-order valence-corrected chi connectivity index (χ3v) is 4.91. The molecule has 0 saturated carbocycles. The zero-order chi connectivity index (χ0) is 24.8. The van der Waals surface area contributed by atoms with Gasteiger partial charge in [-0.1, -0.05) is 0 Å². The number of ether oxygens (including phenoxy) is 1. The fourth-order valence-corrected chi connectivity index (χ4v) is 3.16. The Bertz CT molecular complexity index is 1220. The van der Waals surface area contributed by atoms with E-state index in [2.05, 4.69) is 30.0 Å². The summed E-state index contributed by atoms with van der Waals surface area (Å²) in [5.74, 6) is -2.15. The van der Waals surface area contributed by atoms with Crippen molar-refractivity contribution in [2.45, 2.75) is 25.4 Å². The number of methoxy groups -OCH3 is 1. The summed E-state index contributed by atoms with van der Waals surface area (Å²) in [4.78, 5) is 53.7. The molecule has 3 rings (SSSR count). The number of hydrogen-bond donors (Lipinski definition) is 4. The van der Waals surface area contributed by atoms with Crippen molar-refractivity contribution in [1.29, 1.82) is 0 Å². The molecule has 0 unspecified atom stereocenters. The van der Waals surface area contributed by atoms with Gasteiger partial charge in [-0.3, -0.25) is 9.59 Å². The first-order chi connectivity index (χ1) is 16.2. The van der Waals surface area contributed by atoms with Crippen LogP contribution < -0.4 is 21.7 Å². The SMILES string of the molecule is COC(=O)[C@@H](CCC(=O)O)NC(=O)c1ccc(N(C)Cc2cnc3nc(N)nc(N)c3n2)cc1. The van der Waals surface area contributed by atoms with Gasteiger partial charge in [0.1, 0.15) is 6.04 Å². The van der Waals surface area contributed by atoms with E-state index in [0.29, 0.717) is 29.0 Å². The van der Waals surface area contributed by atoms with E-state index in [4.69, 9.17) is 16.6 Å². The Morgan fingerprint density at radius 3 is 2.50 bits per heavy atom. The fraction of sp³-hybridized carbons (Fsp3) is 0.286. The van der Waals surface area contributed by atoms with Gasteiger partial charge in [0.05, 0.1) is 25.5 Å². The van der Waals surface area contributed by atoms with Crippen LogP contribution in [0.1, 0.15) is 28.9 Å². The largest absolute Gasteiger partial charge is 0.481 e. The number of aromatic nitrogens is 4. The van der Waals surface area contributed by atoms with Crippen LogP contribution in [0.15, 0.2) is 30.5 Å². The molecule has 0 saturated heterocycles. The van der Waals surface area contributed by atoms with Crippen LogP contribution in [-0.2, 0) is 20.9 Å². The van der Waals surface area contributed by atoms with E-state index in [1.165, 1.54) is 7.11 Å². The zero-order valence-electron chi connectivity index (χ0n) is 18.6. The third-order valence-electron chi connectivity index (χ3n) is 4.91. The summed E-state index contributed by atoms with van der Waals surface area (Å²) in [7, 11) is 3.01. The van der Waals surface area contributed by atoms with Gasteiger partial charge in [-0.05, 0) is 30.7 Å². The Morgan fingerprint density at radius 1 is 1.15 bits per heavy atom. The molecule has 0 fully saturated rings. The number of carboxylic acids is 1. The van der Waals surface area contributed by atoms with Gasteiger partial charge < -0.3 is 31.5 Å². The van der Waals surface area contributed by atoms with Crippen LogP contribution in [0.2, 0.25) is 0 Å². The second-order valence-corrected chi connectivity index (χ2v) is 7.39. The van der Waals surface area contributed by atoms with Crippen molar-refractivity contribution in [3.05, 3.63) is 41.7 Å². The zero-order valence-corrected chi connectivity index (χ0v) is 18.6. The summed E-state index contributed by atoms with van der Waals surface area (Å²) in [5, 5.41) is 11.4. The molecule has 1 atom stereocenters. The lowest BCUT2D eigenvalue weighted by Crippen LogP contribution is -2.41. The second kappa shape index (κ2) is 10.4. The number of nitrogens with two attached hydrogens (primary N) is 2. The fourth-order valence-electron chi connectivity index (χ4n) is 3.16. The molecule has 13 heteroatoms. The van der Waals surface area contributed by atoms with Gasteiger partial charge in [0, 0.05) is 24.7 Å². The van der Waals surface area contributed by atoms with Crippen LogP contribution in [0, 0.1) is 0 Å². The number of hydrogen-bond acceptors (Lipinski definition) is 11. The molecular formula is C21H24N8O5. The Labute approximate surface area is 194 Å². The van der Waals surface area contributed by atoms with E-state index in [1.54, 1.807) is 30.5 Å². The smallest absolute Gasteiger partial charge is 0.328 e. The molecule has 0 aliphatic carbocycles. The molecule has 2 heterocycles. The monoisotopic (exact) mass is 468 g/mol. The standard InChI is InChI=1S/C21H24N8O5/c1-29(10-12-9-24-18-16(25-12)17(22)27-21(23)28-18)13-5-3-11(4-6-13)19(32)26-14(20(33)34-2)7-8-15(30)31/h3-6,9,14H,7-8,10H2,1-2H3,(H,26,32)(H,30,31)(H4,22,23,24,27,28)/t14-/m1/s1. The molecule has 2 aromatic heterocycles. The molecule has 13 nitrogen and oxygen atoms in total. The average molecular weight is 468 g/mol. The lowest BCUT2D eigenvalue weighted by Gasteiger charge is -2.20. The third kappa shape index (κ3) is 5.82. The summed E-state index contributed by atoms with van der Waals surface area (Å²) in [6, 6.07) is 5.58. The lowest BCUT2D eigenvalue weighted by molar-refractivity contribution is -0.143. The maximum Gasteiger partial charge on any atom is 0.328 e. The highest BCUT2D eigenvalue weighted by Crippen LogP contribution is 2.19. The van der Waals surface area contributed by atoms with Crippen molar-refractivity contribution < 1.29 is 24.2 Å². The molecule has 0 aliphatic rings. The van der Waals surface area contributed by atoms with Gasteiger partial charge in [0.25, 0.3) is 5.91 Å². The number of amides is 1. The minimum absolute atomic E-state index is 0.0214. The minimum atomic E-state index is -1.08. The number of carboxylic acid groups (broad SMARTS) is 1. The molecule has 1 aromatic carbocycles. The number of nitrogens with zero attached hydrogens (tertiary/aromatic N) is 5. The molecule has 0 spiro atoms. The van der Waals surface area contributed by atoms with E-state index in [1.807, 2.05) is 11.9 Å². The average Bonchev–Trinajstić information content (AvgIpc) is 2.81.